The zero-order chi connectivity index (χ0) is 15.3. The number of phenols is 1. The Morgan fingerprint density at radius 1 is 1.35 bits per heavy atom. The fourth-order valence-electron chi connectivity index (χ4n) is 1.23. The van der Waals surface area contributed by atoms with Crippen LogP contribution in [0.15, 0.2) is 28.4 Å². The number of methoxy groups -OCH3 is 2. The summed E-state index contributed by atoms with van der Waals surface area (Å²) in [6, 6.07) is 3.38. The van der Waals surface area contributed by atoms with Crippen molar-refractivity contribution in [3.63, 3.8) is 0 Å². The molecule has 108 valence electrons. The lowest BCUT2D eigenvalue weighted by molar-refractivity contribution is -0.138. The van der Waals surface area contributed by atoms with E-state index in [1.165, 1.54) is 14.2 Å². The van der Waals surface area contributed by atoms with Gasteiger partial charge in [-0.25, -0.2) is 9.59 Å². The van der Waals surface area contributed by atoms with E-state index >= 15 is 0 Å². The Kier molecular flexibility index (Phi) is 6.27. The molecule has 1 aromatic rings. The minimum atomic E-state index is -0.763. The van der Waals surface area contributed by atoms with Crippen LogP contribution >= 0.6 is 38.5 Å². The largest absolute Gasteiger partial charge is 0.505 e. The Hall–Kier alpha value is -1.29. The lowest BCUT2D eigenvalue weighted by Gasteiger charge is -2.13. The third kappa shape index (κ3) is 4.10. The summed E-state index contributed by atoms with van der Waals surface area (Å²) in [6.45, 7) is 0. The van der Waals surface area contributed by atoms with Crippen molar-refractivity contribution in [1.82, 2.24) is 0 Å². The minimum Gasteiger partial charge on any atom is -0.505 e. The number of aromatic hydroxyl groups is 1. The van der Waals surface area contributed by atoms with Gasteiger partial charge in [0, 0.05) is 4.47 Å². The molecule has 0 fully saturated rings. The van der Waals surface area contributed by atoms with Crippen molar-refractivity contribution in [1.29, 1.82) is 0 Å². The van der Waals surface area contributed by atoms with E-state index in [1.807, 2.05) is 22.6 Å². The van der Waals surface area contributed by atoms with Crippen LogP contribution in [0.3, 0.4) is 0 Å². The van der Waals surface area contributed by atoms with Gasteiger partial charge in [0.05, 0.1) is 29.6 Å². The fourth-order valence-corrected chi connectivity index (χ4v) is 2.10. The van der Waals surface area contributed by atoms with Crippen molar-refractivity contribution in [2.75, 3.05) is 19.5 Å². The summed E-state index contributed by atoms with van der Waals surface area (Å²) in [5.74, 6) is -1.54. The number of ether oxygens (including phenoxy) is 2. The van der Waals surface area contributed by atoms with Crippen LogP contribution in [-0.2, 0) is 19.1 Å². The molecular weight excluding hydrogens is 445 g/mol. The highest BCUT2D eigenvalue weighted by Gasteiger charge is 2.17. The maximum absolute atomic E-state index is 11.6. The third-order valence-corrected chi connectivity index (χ3v) is 3.74. The summed E-state index contributed by atoms with van der Waals surface area (Å²) in [5, 5.41) is 12.6. The zero-order valence-corrected chi connectivity index (χ0v) is 14.3. The van der Waals surface area contributed by atoms with Crippen molar-refractivity contribution >= 4 is 56.1 Å². The molecule has 8 heteroatoms. The number of rotatable bonds is 4. The van der Waals surface area contributed by atoms with Crippen LogP contribution in [0.1, 0.15) is 0 Å². The molecular formula is C12H11BrINO5. The van der Waals surface area contributed by atoms with Crippen LogP contribution in [0.5, 0.6) is 5.75 Å². The van der Waals surface area contributed by atoms with Gasteiger partial charge in [0.2, 0.25) is 0 Å². The van der Waals surface area contributed by atoms with Gasteiger partial charge in [0.25, 0.3) is 0 Å². The fraction of sp³-hybridized carbons (Fsp3) is 0.167. The van der Waals surface area contributed by atoms with Gasteiger partial charge in [0.15, 0.2) is 5.75 Å². The molecule has 0 unspecified atom stereocenters. The molecule has 0 amide bonds. The van der Waals surface area contributed by atoms with Crippen LogP contribution in [-0.4, -0.2) is 31.3 Å². The van der Waals surface area contributed by atoms with E-state index in [-0.39, 0.29) is 17.1 Å². The van der Waals surface area contributed by atoms with Crippen molar-refractivity contribution in [3.05, 3.63) is 31.9 Å². The number of esters is 2. The van der Waals surface area contributed by atoms with E-state index in [0.29, 0.717) is 8.04 Å². The molecule has 2 N–H and O–H groups in total. The number of hydrogen-bond acceptors (Lipinski definition) is 6. The van der Waals surface area contributed by atoms with E-state index in [0.717, 1.165) is 6.08 Å². The Morgan fingerprint density at radius 3 is 2.55 bits per heavy atom. The first kappa shape index (κ1) is 16.8. The summed E-state index contributed by atoms with van der Waals surface area (Å²) in [4.78, 5) is 22.9. The molecule has 0 radical (unpaired) electrons. The molecule has 1 rings (SSSR count). The van der Waals surface area contributed by atoms with E-state index in [1.54, 1.807) is 12.1 Å². The summed E-state index contributed by atoms with van der Waals surface area (Å²) in [6.07, 6.45) is 0.942. The Balaban J connectivity index is 3.21. The number of anilines is 1. The van der Waals surface area contributed by atoms with Crippen LogP contribution in [0.2, 0.25) is 0 Å². The number of benzene rings is 1. The van der Waals surface area contributed by atoms with Gasteiger partial charge in [-0.15, -0.1) is 0 Å². The highest BCUT2D eigenvalue weighted by Crippen LogP contribution is 2.36. The van der Waals surface area contributed by atoms with E-state index in [2.05, 4.69) is 30.7 Å². The maximum Gasteiger partial charge on any atom is 0.354 e. The van der Waals surface area contributed by atoms with Gasteiger partial charge >= 0.3 is 11.9 Å². The summed E-state index contributed by atoms with van der Waals surface area (Å²) < 4.78 is 10.1. The first-order chi connectivity index (χ1) is 9.40. The van der Waals surface area contributed by atoms with Crippen molar-refractivity contribution < 1.29 is 24.2 Å². The maximum atomic E-state index is 11.6. The minimum absolute atomic E-state index is 0.0559. The lowest BCUT2D eigenvalue weighted by Crippen LogP contribution is -2.16. The van der Waals surface area contributed by atoms with E-state index in [9.17, 15) is 14.7 Å². The molecule has 1 aromatic carbocycles. The Labute approximate surface area is 137 Å². The van der Waals surface area contributed by atoms with Crippen molar-refractivity contribution in [2.45, 2.75) is 0 Å². The zero-order valence-electron chi connectivity index (χ0n) is 10.6. The monoisotopic (exact) mass is 455 g/mol. The summed E-state index contributed by atoms with van der Waals surface area (Å²) >= 11 is 5.18. The van der Waals surface area contributed by atoms with Crippen LogP contribution in [0, 0.1) is 3.57 Å². The Morgan fingerprint density at radius 2 is 2.00 bits per heavy atom. The predicted octanol–water partition coefficient (Wildman–Crippen LogP) is 2.40. The summed E-state index contributed by atoms with van der Waals surface area (Å²) in [7, 11) is 2.37. The third-order valence-electron chi connectivity index (χ3n) is 2.21. The van der Waals surface area contributed by atoms with Gasteiger partial charge in [-0.3, -0.25) is 0 Å². The van der Waals surface area contributed by atoms with Crippen LogP contribution in [0.25, 0.3) is 0 Å². The summed E-state index contributed by atoms with van der Waals surface area (Å²) in [5.41, 5.74) is 0.0924. The molecule has 0 bridgehead atoms. The van der Waals surface area contributed by atoms with Gasteiger partial charge in [-0.1, -0.05) is 0 Å². The molecule has 0 heterocycles. The van der Waals surface area contributed by atoms with Gasteiger partial charge in [-0.2, -0.15) is 0 Å². The molecule has 0 aliphatic heterocycles. The number of hydrogen-bond donors (Lipinski definition) is 2. The van der Waals surface area contributed by atoms with Crippen LogP contribution < -0.4 is 5.32 Å². The predicted molar refractivity (Wildman–Crippen MR) is 84.3 cm³/mol. The van der Waals surface area contributed by atoms with Crippen LogP contribution in [0.4, 0.5) is 5.69 Å². The van der Waals surface area contributed by atoms with Gasteiger partial charge in [0.1, 0.15) is 5.70 Å². The number of nitrogens with one attached hydrogen (secondary N) is 1. The van der Waals surface area contributed by atoms with Crippen molar-refractivity contribution in [3.8, 4) is 5.75 Å². The van der Waals surface area contributed by atoms with E-state index < -0.39 is 11.9 Å². The number of phenolic OH excluding ortho intramolecular Hbond substituents is 1. The molecule has 0 aliphatic rings. The molecule has 0 atom stereocenters. The second-order valence-electron chi connectivity index (χ2n) is 3.45. The molecule has 0 saturated carbocycles. The quantitative estimate of drug-likeness (QED) is 0.314. The second-order valence-corrected chi connectivity index (χ2v) is 5.47. The molecule has 20 heavy (non-hydrogen) atoms. The first-order valence-electron chi connectivity index (χ1n) is 5.22. The number of carbonyl (C=O) groups excluding carboxylic acids is 2. The lowest BCUT2D eigenvalue weighted by atomic mass is 10.2. The highest BCUT2D eigenvalue weighted by molar-refractivity contribution is 14.1. The first-order valence-corrected chi connectivity index (χ1v) is 7.09. The normalized spacial score (nSPS) is 10.9. The average molecular weight is 456 g/mol. The molecule has 0 saturated heterocycles. The molecule has 6 nitrogen and oxygen atoms in total. The smallest absolute Gasteiger partial charge is 0.354 e. The van der Waals surface area contributed by atoms with Gasteiger partial charge in [-0.05, 0) is 50.7 Å². The molecule has 0 aliphatic carbocycles. The van der Waals surface area contributed by atoms with E-state index in [4.69, 9.17) is 0 Å². The number of halogens is 2. The standard InChI is InChI=1S/C12H11BrINO5/c1-19-9(16)5-8(12(18)20-2)15-10-6(13)3-4-7(14)11(10)17/h3-5,15,17H,1-2H3/b8-5+. The highest BCUT2D eigenvalue weighted by atomic mass is 127. The molecule has 0 aromatic heterocycles. The van der Waals surface area contributed by atoms with Gasteiger partial charge < -0.3 is 19.9 Å². The molecule has 0 spiro atoms. The number of carbonyl (C=O) groups is 2. The second kappa shape index (κ2) is 7.48. The Bertz CT molecular complexity index is 573. The van der Waals surface area contributed by atoms with Crippen molar-refractivity contribution in [2.24, 2.45) is 0 Å². The average Bonchev–Trinajstić information content (AvgIpc) is 2.45. The SMILES string of the molecule is COC(=O)/C=C(/Nc1c(Br)ccc(I)c1O)C(=O)OC. The topological polar surface area (TPSA) is 84.9 Å².